The van der Waals surface area contributed by atoms with Gasteiger partial charge in [-0.3, -0.25) is 10.1 Å². The van der Waals surface area contributed by atoms with Gasteiger partial charge in [-0.2, -0.15) is 0 Å². The van der Waals surface area contributed by atoms with E-state index in [1.807, 2.05) is 23.1 Å². The highest BCUT2D eigenvalue weighted by Gasteiger charge is 2.31. The van der Waals surface area contributed by atoms with Gasteiger partial charge in [0, 0.05) is 6.54 Å². The fourth-order valence-electron chi connectivity index (χ4n) is 3.52. The molecule has 1 saturated carbocycles. The Hall–Kier alpha value is -1.35. The summed E-state index contributed by atoms with van der Waals surface area (Å²) in [5.41, 5.74) is 1.20. The lowest BCUT2D eigenvalue weighted by atomic mass is 9.87. The van der Waals surface area contributed by atoms with Crippen molar-refractivity contribution in [2.45, 2.75) is 44.7 Å². The summed E-state index contributed by atoms with van der Waals surface area (Å²) >= 11 is 0. The number of benzene rings is 1. The molecule has 0 aromatic heterocycles. The molecule has 1 saturated heterocycles. The molecule has 0 bridgehead atoms. The van der Waals surface area contributed by atoms with E-state index in [2.05, 4.69) is 17.4 Å². The fourth-order valence-corrected chi connectivity index (χ4v) is 3.52. The predicted octanol–water partition coefficient (Wildman–Crippen LogP) is 3.09. The maximum absolute atomic E-state index is 12.1. The minimum Gasteiger partial charge on any atom is -0.322 e. The Bertz CT molecular complexity index is 440. The van der Waals surface area contributed by atoms with Crippen molar-refractivity contribution < 1.29 is 4.79 Å². The highest BCUT2D eigenvalue weighted by molar-refractivity contribution is 5.80. The summed E-state index contributed by atoms with van der Waals surface area (Å²) in [6, 6.07) is 10.3. The number of nitrogens with one attached hydrogen (secondary N) is 1. The summed E-state index contributed by atoms with van der Waals surface area (Å²) in [6.07, 6.45) is 8.09. The first-order chi connectivity index (χ1) is 9.84. The van der Waals surface area contributed by atoms with Crippen molar-refractivity contribution in [3.8, 4) is 0 Å². The zero-order chi connectivity index (χ0) is 13.8. The van der Waals surface area contributed by atoms with Gasteiger partial charge in [0.05, 0.1) is 6.54 Å². The Morgan fingerprint density at radius 2 is 1.85 bits per heavy atom. The van der Waals surface area contributed by atoms with E-state index in [-0.39, 0.29) is 12.1 Å². The van der Waals surface area contributed by atoms with Crippen molar-refractivity contribution in [1.82, 2.24) is 10.2 Å². The zero-order valence-corrected chi connectivity index (χ0v) is 12.1. The number of carbonyl (C=O) groups is 1. The molecule has 1 aliphatic carbocycles. The molecule has 1 aromatic rings. The molecule has 0 spiro atoms. The molecule has 2 fully saturated rings. The van der Waals surface area contributed by atoms with Crippen molar-refractivity contribution in [3.63, 3.8) is 0 Å². The summed E-state index contributed by atoms with van der Waals surface area (Å²) in [5.74, 6) is 1.07. The lowest BCUT2D eigenvalue weighted by Crippen LogP contribution is -2.32. The van der Waals surface area contributed by atoms with Crippen molar-refractivity contribution in [3.05, 3.63) is 35.9 Å². The van der Waals surface area contributed by atoms with Crippen LogP contribution in [0.25, 0.3) is 0 Å². The van der Waals surface area contributed by atoms with E-state index in [1.54, 1.807) is 0 Å². The van der Waals surface area contributed by atoms with Crippen LogP contribution < -0.4 is 5.32 Å². The molecule has 1 aliphatic heterocycles. The normalized spacial score (nSPS) is 24.3. The Labute approximate surface area is 121 Å². The van der Waals surface area contributed by atoms with Crippen molar-refractivity contribution in [2.24, 2.45) is 5.92 Å². The Kier molecular flexibility index (Phi) is 4.36. The molecule has 3 nitrogen and oxygen atoms in total. The van der Waals surface area contributed by atoms with E-state index in [0.717, 1.165) is 18.9 Å². The number of nitrogens with zero attached hydrogens (tertiary/aromatic N) is 1. The van der Waals surface area contributed by atoms with Crippen LogP contribution in [0.3, 0.4) is 0 Å². The summed E-state index contributed by atoms with van der Waals surface area (Å²) in [6.45, 7) is 1.38. The van der Waals surface area contributed by atoms with Crippen LogP contribution >= 0.6 is 0 Å². The van der Waals surface area contributed by atoms with E-state index < -0.39 is 0 Å². The molecular formula is C17H24N2O. The molecule has 20 heavy (non-hydrogen) atoms. The summed E-state index contributed by atoms with van der Waals surface area (Å²) in [7, 11) is 0. The number of amides is 1. The van der Waals surface area contributed by atoms with Gasteiger partial charge < -0.3 is 4.90 Å². The molecule has 1 N–H and O–H groups in total. The monoisotopic (exact) mass is 272 g/mol. The quantitative estimate of drug-likeness (QED) is 0.913. The number of hydrogen-bond donors (Lipinski definition) is 1. The van der Waals surface area contributed by atoms with Crippen molar-refractivity contribution >= 4 is 5.91 Å². The van der Waals surface area contributed by atoms with Gasteiger partial charge in [-0.1, -0.05) is 62.4 Å². The SMILES string of the molecule is O=C1CNC(c2ccccc2)N1CCC1CCCCC1. The summed E-state index contributed by atoms with van der Waals surface area (Å²) < 4.78 is 0. The van der Waals surface area contributed by atoms with Gasteiger partial charge in [-0.05, 0) is 17.9 Å². The Balaban J connectivity index is 1.62. The van der Waals surface area contributed by atoms with Gasteiger partial charge in [-0.15, -0.1) is 0 Å². The number of carbonyl (C=O) groups excluding carboxylic acids is 1. The smallest absolute Gasteiger partial charge is 0.238 e. The van der Waals surface area contributed by atoms with Gasteiger partial charge in [0.15, 0.2) is 0 Å². The number of hydrogen-bond acceptors (Lipinski definition) is 2. The van der Waals surface area contributed by atoms with Crippen LogP contribution in [0.4, 0.5) is 0 Å². The first-order valence-electron chi connectivity index (χ1n) is 7.92. The molecule has 1 unspecified atom stereocenters. The van der Waals surface area contributed by atoms with E-state index >= 15 is 0 Å². The average molecular weight is 272 g/mol. The Morgan fingerprint density at radius 1 is 1.10 bits per heavy atom. The third-order valence-electron chi connectivity index (χ3n) is 4.70. The molecule has 0 radical (unpaired) electrons. The van der Waals surface area contributed by atoms with Gasteiger partial charge >= 0.3 is 0 Å². The zero-order valence-electron chi connectivity index (χ0n) is 12.1. The lowest BCUT2D eigenvalue weighted by Gasteiger charge is -2.28. The van der Waals surface area contributed by atoms with Crippen LogP contribution in [0.2, 0.25) is 0 Å². The van der Waals surface area contributed by atoms with Crippen LogP contribution in [0.15, 0.2) is 30.3 Å². The molecule has 108 valence electrons. The van der Waals surface area contributed by atoms with Crippen LogP contribution in [-0.4, -0.2) is 23.9 Å². The topological polar surface area (TPSA) is 32.3 Å². The average Bonchev–Trinajstić information content (AvgIpc) is 2.88. The molecular weight excluding hydrogens is 248 g/mol. The fraction of sp³-hybridized carbons (Fsp3) is 0.588. The highest BCUT2D eigenvalue weighted by atomic mass is 16.2. The first-order valence-corrected chi connectivity index (χ1v) is 7.92. The van der Waals surface area contributed by atoms with E-state index in [9.17, 15) is 4.79 Å². The minimum atomic E-state index is 0.0762. The van der Waals surface area contributed by atoms with Crippen LogP contribution in [0, 0.1) is 5.92 Å². The second kappa shape index (κ2) is 6.40. The van der Waals surface area contributed by atoms with Crippen LogP contribution in [0.5, 0.6) is 0 Å². The molecule has 1 heterocycles. The van der Waals surface area contributed by atoms with Crippen molar-refractivity contribution in [2.75, 3.05) is 13.1 Å². The largest absolute Gasteiger partial charge is 0.322 e. The van der Waals surface area contributed by atoms with Gasteiger partial charge in [0.25, 0.3) is 0 Å². The molecule has 3 rings (SSSR count). The second-order valence-electron chi connectivity index (χ2n) is 6.07. The highest BCUT2D eigenvalue weighted by Crippen LogP contribution is 2.29. The predicted molar refractivity (Wildman–Crippen MR) is 80.1 cm³/mol. The third-order valence-corrected chi connectivity index (χ3v) is 4.70. The standard InChI is InChI=1S/C17H24N2O/c20-16-13-18-17(15-9-5-2-6-10-15)19(16)12-11-14-7-3-1-4-8-14/h2,5-6,9-10,14,17-18H,1,3-4,7-8,11-13H2. The molecule has 1 amide bonds. The van der Waals surface area contributed by atoms with E-state index in [1.165, 1.54) is 37.7 Å². The van der Waals surface area contributed by atoms with Crippen LogP contribution in [0.1, 0.15) is 50.3 Å². The Morgan fingerprint density at radius 3 is 2.60 bits per heavy atom. The van der Waals surface area contributed by atoms with Crippen molar-refractivity contribution in [1.29, 1.82) is 0 Å². The molecule has 2 aliphatic rings. The maximum Gasteiger partial charge on any atom is 0.238 e. The number of rotatable bonds is 4. The summed E-state index contributed by atoms with van der Waals surface area (Å²) in [5, 5.41) is 3.34. The molecule has 3 heteroatoms. The van der Waals surface area contributed by atoms with Crippen LogP contribution in [-0.2, 0) is 4.79 Å². The first kappa shape index (κ1) is 13.6. The van der Waals surface area contributed by atoms with E-state index in [4.69, 9.17) is 0 Å². The summed E-state index contributed by atoms with van der Waals surface area (Å²) in [4.78, 5) is 14.1. The van der Waals surface area contributed by atoms with Gasteiger partial charge in [0.2, 0.25) is 5.91 Å². The van der Waals surface area contributed by atoms with Gasteiger partial charge in [0.1, 0.15) is 6.17 Å². The maximum atomic E-state index is 12.1. The minimum absolute atomic E-state index is 0.0762. The van der Waals surface area contributed by atoms with Gasteiger partial charge in [-0.25, -0.2) is 0 Å². The molecule has 1 aromatic carbocycles. The van der Waals surface area contributed by atoms with E-state index in [0.29, 0.717) is 6.54 Å². The molecule has 1 atom stereocenters. The second-order valence-corrected chi connectivity index (χ2v) is 6.07. The lowest BCUT2D eigenvalue weighted by molar-refractivity contribution is -0.128. The third kappa shape index (κ3) is 3.04.